The Bertz CT molecular complexity index is 253. The van der Waals surface area contributed by atoms with Crippen molar-refractivity contribution in [3.8, 4) is 5.75 Å². The minimum Gasteiger partial charge on any atom is -0.508 e. The third-order valence-electron chi connectivity index (χ3n) is 2.03. The van der Waals surface area contributed by atoms with Crippen LogP contribution in [0, 0.1) is 6.92 Å². The van der Waals surface area contributed by atoms with Gasteiger partial charge < -0.3 is 5.11 Å². The molecule has 1 nitrogen and oxygen atoms in total. The Morgan fingerprint density at radius 2 is 2.08 bits per heavy atom. The smallest absolute Gasteiger partial charge is 0.118 e. The van der Waals surface area contributed by atoms with Gasteiger partial charge in [-0.3, -0.25) is 0 Å². The lowest BCUT2D eigenvalue weighted by Gasteiger charge is -2.04. The number of benzene rings is 1. The maximum Gasteiger partial charge on any atom is 0.118 e. The van der Waals surface area contributed by atoms with Crippen molar-refractivity contribution < 1.29 is 5.11 Å². The van der Waals surface area contributed by atoms with E-state index in [9.17, 15) is 5.11 Å². The van der Waals surface area contributed by atoms with Crippen LogP contribution in [-0.4, -0.2) is 5.11 Å². The molecule has 0 aliphatic rings. The Morgan fingerprint density at radius 3 is 2.75 bits per heavy atom. The highest BCUT2D eigenvalue weighted by Crippen LogP contribution is 2.19. The molecule has 0 aromatic heterocycles. The molecule has 0 heterocycles. The molecule has 1 N–H and O–H groups in total. The molecule has 0 unspecified atom stereocenters. The molecule has 1 aromatic rings. The van der Waals surface area contributed by atoms with Crippen LogP contribution in [-0.2, 0) is 6.42 Å². The summed E-state index contributed by atoms with van der Waals surface area (Å²) in [6.45, 7) is 4.21. The van der Waals surface area contributed by atoms with Crippen LogP contribution >= 0.6 is 0 Å². The summed E-state index contributed by atoms with van der Waals surface area (Å²) in [6.07, 6.45) is 3.31. The highest BCUT2D eigenvalue weighted by atomic mass is 16.3. The van der Waals surface area contributed by atoms with Crippen molar-refractivity contribution in [2.75, 3.05) is 0 Å². The van der Waals surface area contributed by atoms with Gasteiger partial charge >= 0.3 is 0 Å². The summed E-state index contributed by atoms with van der Waals surface area (Å²) in [4.78, 5) is 0. The molecule has 0 bridgehead atoms. The first kappa shape index (κ1) is 9.11. The number of unbranched alkanes of at least 4 members (excludes halogenated alkanes) is 1. The van der Waals surface area contributed by atoms with E-state index in [1.54, 1.807) is 6.07 Å². The van der Waals surface area contributed by atoms with Gasteiger partial charge in [0.25, 0.3) is 0 Å². The van der Waals surface area contributed by atoms with Crippen molar-refractivity contribution in [3.63, 3.8) is 0 Å². The quantitative estimate of drug-likeness (QED) is 0.728. The summed E-state index contributed by atoms with van der Waals surface area (Å²) in [5.41, 5.74) is 2.30. The van der Waals surface area contributed by atoms with E-state index in [1.807, 2.05) is 6.07 Å². The highest BCUT2D eigenvalue weighted by molar-refractivity contribution is 5.35. The molecule has 0 atom stereocenters. The van der Waals surface area contributed by atoms with Crippen molar-refractivity contribution >= 4 is 0 Å². The summed E-state index contributed by atoms with van der Waals surface area (Å²) >= 11 is 0. The minimum atomic E-state index is 0.439. The van der Waals surface area contributed by atoms with Gasteiger partial charge in [0.05, 0.1) is 0 Å². The fraction of sp³-hybridized carbons (Fsp3) is 0.455. The van der Waals surface area contributed by atoms with Crippen molar-refractivity contribution in [1.29, 1.82) is 0 Å². The normalized spacial score (nSPS) is 10.2. The molecule has 0 aliphatic carbocycles. The summed E-state index contributed by atoms with van der Waals surface area (Å²) < 4.78 is 0. The molecule has 0 saturated heterocycles. The van der Waals surface area contributed by atoms with Gasteiger partial charge in [-0.1, -0.05) is 31.0 Å². The van der Waals surface area contributed by atoms with Crippen molar-refractivity contribution in [1.82, 2.24) is 0 Å². The number of aromatic hydroxyl groups is 1. The van der Waals surface area contributed by atoms with E-state index in [0.29, 0.717) is 5.75 Å². The molecule has 12 heavy (non-hydrogen) atoms. The van der Waals surface area contributed by atoms with Crippen molar-refractivity contribution in [2.45, 2.75) is 33.1 Å². The molecular weight excluding hydrogens is 148 g/mol. The number of phenols is 1. The average molecular weight is 164 g/mol. The van der Waals surface area contributed by atoms with Crippen LogP contribution in [0.25, 0.3) is 0 Å². The van der Waals surface area contributed by atoms with E-state index < -0.39 is 0 Å². The second-order valence-electron chi connectivity index (χ2n) is 3.24. The van der Waals surface area contributed by atoms with E-state index >= 15 is 0 Å². The van der Waals surface area contributed by atoms with Crippen molar-refractivity contribution in [3.05, 3.63) is 29.3 Å². The average Bonchev–Trinajstić information content (AvgIpc) is 2.07. The summed E-state index contributed by atoms with van der Waals surface area (Å²) in [5, 5.41) is 9.46. The zero-order chi connectivity index (χ0) is 8.97. The van der Waals surface area contributed by atoms with Crippen LogP contribution in [0.15, 0.2) is 18.2 Å². The minimum absolute atomic E-state index is 0.439. The Morgan fingerprint density at radius 1 is 1.33 bits per heavy atom. The van der Waals surface area contributed by atoms with Gasteiger partial charge in [0.2, 0.25) is 0 Å². The lowest BCUT2D eigenvalue weighted by atomic mass is 10.1. The highest BCUT2D eigenvalue weighted by Gasteiger charge is 1.99. The predicted octanol–water partition coefficient (Wildman–Crippen LogP) is 3.04. The monoisotopic (exact) mass is 164 g/mol. The van der Waals surface area contributed by atoms with Crippen molar-refractivity contribution in [2.24, 2.45) is 0 Å². The van der Waals surface area contributed by atoms with Crippen LogP contribution < -0.4 is 0 Å². The Kier molecular flexibility index (Phi) is 3.15. The van der Waals surface area contributed by atoms with Crippen LogP contribution in [0.2, 0.25) is 0 Å². The fourth-order valence-electron chi connectivity index (χ4n) is 1.28. The maximum absolute atomic E-state index is 9.46. The number of aryl methyl sites for hydroxylation is 2. The summed E-state index contributed by atoms with van der Waals surface area (Å²) in [7, 11) is 0. The summed E-state index contributed by atoms with van der Waals surface area (Å²) in [6, 6.07) is 5.77. The molecule has 0 spiro atoms. The van der Waals surface area contributed by atoms with E-state index in [0.717, 1.165) is 18.4 Å². The molecule has 1 heteroatoms. The largest absolute Gasteiger partial charge is 0.508 e. The van der Waals surface area contributed by atoms with Gasteiger partial charge in [-0.05, 0) is 31.4 Å². The van der Waals surface area contributed by atoms with Gasteiger partial charge in [-0.25, -0.2) is 0 Å². The molecule has 0 saturated carbocycles. The molecule has 0 radical (unpaired) electrons. The van der Waals surface area contributed by atoms with Gasteiger partial charge in [0.15, 0.2) is 0 Å². The molecule has 1 rings (SSSR count). The first-order chi connectivity index (χ1) is 5.74. The first-order valence-corrected chi connectivity index (χ1v) is 4.52. The number of rotatable bonds is 3. The molecule has 0 aliphatic heterocycles. The second kappa shape index (κ2) is 4.15. The number of phenolic OH excluding ortho intramolecular Hbond substituents is 1. The molecule has 66 valence electrons. The maximum atomic E-state index is 9.46. The van der Waals surface area contributed by atoms with Crippen LogP contribution in [0.1, 0.15) is 30.9 Å². The van der Waals surface area contributed by atoms with Crippen LogP contribution in [0.3, 0.4) is 0 Å². The lowest BCUT2D eigenvalue weighted by Crippen LogP contribution is -1.86. The standard InChI is InChI=1S/C11H16O/c1-3-4-5-10-8-9(2)6-7-11(10)12/h6-8,12H,3-5H2,1-2H3. The molecule has 0 fully saturated rings. The zero-order valence-corrected chi connectivity index (χ0v) is 7.80. The third kappa shape index (κ3) is 2.26. The number of hydrogen-bond acceptors (Lipinski definition) is 1. The molecule has 1 aromatic carbocycles. The van der Waals surface area contributed by atoms with Gasteiger partial charge in [0, 0.05) is 0 Å². The van der Waals surface area contributed by atoms with Gasteiger partial charge in [-0.15, -0.1) is 0 Å². The second-order valence-corrected chi connectivity index (χ2v) is 3.24. The molecule has 0 amide bonds. The fourth-order valence-corrected chi connectivity index (χ4v) is 1.28. The Balaban J connectivity index is 2.75. The SMILES string of the molecule is CCCCc1cc(C)ccc1O. The number of hydrogen-bond donors (Lipinski definition) is 1. The zero-order valence-electron chi connectivity index (χ0n) is 7.80. The van der Waals surface area contributed by atoms with E-state index in [1.165, 1.54) is 12.0 Å². The van der Waals surface area contributed by atoms with E-state index in [4.69, 9.17) is 0 Å². The van der Waals surface area contributed by atoms with E-state index in [2.05, 4.69) is 19.9 Å². The van der Waals surface area contributed by atoms with Crippen LogP contribution in [0.5, 0.6) is 5.75 Å². The topological polar surface area (TPSA) is 20.2 Å². The Hall–Kier alpha value is -0.980. The van der Waals surface area contributed by atoms with E-state index in [-0.39, 0.29) is 0 Å². The molecular formula is C11H16O. The predicted molar refractivity (Wildman–Crippen MR) is 51.5 cm³/mol. The van der Waals surface area contributed by atoms with Gasteiger partial charge in [-0.2, -0.15) is 0 Å². The summed E-state index contributed by atoms with van der Waals surface area (Å²) in [5.74, 6) is 0.439. The Labute approximate surface area is 74.1 Å². The third-order valence-corrected chi connectivity index (χ3v) is 2.03. The first-order valence-electron chi connectivity index (χ1n) is 4.52. The van der Waals surface area contributed by atoms with Crippen LogP contribution in [0.4, 0.5) is 0 Å². The van der Waals surface area contributed by atoms with Gasteiger partial charge in [0.1, 0.15) is 5.75 Å². The lowest BCUT2D eigenvalue weighted by molar-refractivity contribution is 0.466.